The minimum absolute atomic E-state index is 0.0198. The van der Waals surface area contributed by atoms with Crippen molar-refractivity contribution in [1.29, 1.82) is 0 Å². The fraction of sp³-hybridized carbons (Fsp3) is 0.769. The van der Waals surface area contributed by atoms with E-state index in [9.17, 15) is 14.4 Å². The average Bonchev–Trinajstić information content (AvgIpc) is 2.38. The normalized spacial score (nSPS) is 11.8. The first-order valence-corrected chi connectivity index (χ1v) is 6.81. The van der Waals surface area contributed by atoms with Gasteiger partial charge in [-0.2, -0.15) is 0 Å². The van der Waals surface area contributed by atoms with Crippen molar-refractivity contribution in [2.45, 2.75) is 39.7 Å². The van der Waals surface area contributed by atoms with Crippen molar-refractivity contribution >= 4 is 17.9 Å². The molecule has 3 N–H and O–H groups in total. The molecular formula is C13H25N3O4. The molecule has 1 atom stereocenters. The molecule has 0 aromatic rings. The Balaban J connectivity index is 4.07. The van der Waals surface area contributed by atoms with Crippen molar-refractivity contribution in [2.24, 2.45) is 5.92 Å². The molecule has 7 nitrogen and oxygen atoms in total. The second-order valence-corrected chi connectivity index (χ2v) is 4.78. The molecule has 0 spiro atoms. The van der Waals surface area contributed by atoms with Gasteiger partial charge in [0, 0.05) is 6.54 Å². The van der Waals surface area contributed by atoms with E-state index in [2.05, 4.69) is 20.7 Å². The molecular weight excluding hydrogens is 262 g/mol. The third-order valence-electron chi connectivity index (χ3n) is 2.67. The molecule has 7 heteroatoms. The van der Waals surface area contributed by atoms with E-state index in [0.29, 0.717) is 6.54 Å². The molecule has 0 aliphatic heterocycles. The van der Waals surface area contributed by atoms with Crippen LogP contribution in [-0.4, -0.2) is 44.1 Å². The van der Waals surface area contributed by atoms with Crippen LogP contribution in [0.3, 0.4) is 0 Å². The second-order valence-electron chi connectivity index (χ2n) is 4.78. The van der Waals surface area contributed by atoms with Crippen molar-refractivity contribution in [3.05, 3.63) is 0 Å². The topological polar surface area (TPSA) is 96.5 Å². The molecule has 0 bridgehead atoms. The summed E-state index contributed by atoms with van der Waals surface area (Å²) in [6.45, 7) is 6.08. The summed E-state index contributed by atoms with van der Waals surface area (Å²) in [5.41, 5.74) is 0. The molecule has 0 aromatic carbocycles. The molecule has 0 saturated carbocycles. The molecule has 1 unspecified atom stereocenters. The average molecular weight is 287 g/mol. The highest BCUT2D eigenvalue weighted by molar-refractivity contribution is 5.95. The number of carbonyl (C=O) groups is 3. The number of amides is 3. The Morgan fingerprint density at radius 2 is 1.85 bits per heavy atom. The molecule has 0 aliphatic rings. The van der Waals surface area contributed by atoms with Crippen LogP contribution in [0.1, 0.15) is 33.6 Å². The lowest BCUT2D eigenvalue weighted by Gasteiger charge is -2.19. The van der Waals surface area contributed by atoms with Crippen LogP contribution < -0.4 is 16.0 Å². The van der Waals surface area contributed by atoms with E-state index >= 15 is 0 Å². The minimum atomic E-state index is -0.575. The van der Waals surface area contributed by atoms with E-state index in [1.165, 1.54) is 7.11 Å². The molecule has 0 aliphatic carbocycles. The lowest BCUT2D eigenvalue weighted by atomic mass is 10.0. The molecule has 0 radical (unpaired) electrons. The van der Waals surface area contributed by atoms with Crippen LogP contribution in [0.4, 0.5) is 4.79 Å². The maximum atomic E-state index is 11.5. The maximum absolute atomic E-state index is 11.5. The summed E-state index contributed by atoms with van der Waals surface area (Å²) in [6.07, 6.45) is 1.82. The summed E-state index contributed by atoms with van der Waals surface area (Å²) in [5, 5.41) is 7.53. The monoisotopic (exact) mass is 287 g/mol. The largest absolute Gasteiger partial charge is 0.468 e. The fourth-order valence-electron chi connectivity index (χ4n) is 1.51. The number of hydrogen-bond donors (Lipinski definition) is 3. The third-order valence-corrected chi connectivity index (χ3v) is 2.67. The number of esters is 1. The molecule has 0 rings (SSSR count). The summed E-state index contributed by atoms with van der Waals surface area (Å²) >= 11 is 0. The Labute approximate surface area is 119 Å². The number of nitrogens with one attached hydrogen (secondary N) is 3. The number of methoxy groups -OCH3 is 1. The number of unbranched alkanes of at least 4 members (excludes halogenated alkanes) is 1. The molecule has 0 heterocycles. The first kappa shape index (κ1) is 18.4. The van der Waals surface area contributed by atoms with Gasteiger partial charge in [-0.3, -0.25) is 20.2 Å². The lowest BCUT2D eigenvalue weighted by Crippen LogP contribution is -2.49. The summed E-state index contributed by atoms with van der Waals surface area (Å²) in [5.74, 6) is -0.942. The van der Waals surface area contributed by atoms with Gasteiger partial charge in [-0.15, -0.1) is 0 Å². The van der Waals surface area contributed by atoms with Crippen molar-refractivity contribution in [2.75, 3.05) is 20.2 Å². The van der Waals surface area contributed by atoms with Crippen LogP contribution >= 0.6 is 0 Å². The SMILES string of the molecule is CCCCNC(=O)NC(=O)CNC(C(=O)OC)C(C)C. The zero-order valence-electron chi connectivity index (χ0n) is 12.6. The van der Waals surface area contributed by atoms with Gasteiger partial charge in [0.1, 0.15) is 6.04 Å². The standard InChI is InChI=1S/C13H25N3O4/c1-5-6-7-14-13(19)16-10(17)8-15-11(9(2)3)12(18)20-4/h9,11,15H,5-8H2,1-4H3,(H2,14,16,17,19). The summed E-state index contributed by atoms with van der Waals surface area (Å²) in [7, 11) is 1.29. The first-order chi connectivity index (χ1) is 9.42. The third kappa shape index (κ3) is 7.73. The highest BCUT2D eigenvalue weighted by Gasteiger charge is 2.23. The summed E-state index contributed by atoms with van der Waals surface area (Å²) < 4.78 is 4.64. The molecule has 3 amide bonds. The number of carbonyl (C=O) groups excluding carboxylic acids is 3. The van der Waals surface area contributed by atoms with Crippen LogP contribution in [0, 0.1) is 5.92 Å². The van der Waals surface area contributed by atoms with Crippen LogP contribution in [0.25, 0.3) is 0 Å². The van der Waals surface area contributed by atoms with E-state index in [-0.39, 0.29) is 12.5 Å². The van der Waals surface area contributed by atoms with Gasteiger partial charge in [0.25, 0.3) is 0 Å². The zero-order valence-corrected chi connectivity index (χ0v) is 12.6. The van der Waals surface area contributed by atoms with Gasteiger partial charge in [-0.25, -0.2) is 4.79 Å². The smallest absolute Gasteiger partial charge is 0.323 e. The van der Waals surface area contributed by atoms with Crippen LogP contribution in [0.2, 0.25) is 0 Å². The summed E-state index contributed by atoms with van der Waals surface area (Å²) in [6, 6.07) is -1.10. The van der Waals surface area contributed by atoms with Crippen molar-refractivity contribution < 1.29 is 19.1 Å². The fourth-order valence-corrected chi connectivity index (χ4v) is 1.51. The van der Waals surface area contributed by atoms with E-state index in [0.717, 1.165) is 12.8 Å². The summed E-state index contributed by atoms with van der Waals surface area (Å²) in [4.78, 5) is 34.3. The zero-order chi connectivity index (χ0) is 15.5. The van der Waals surface area contributed by atoms with E-state index in [4.69, 9.17) is 0 Å². The van der Waals surface area contributed by atoms with Crippen molar-refractivity contribution in [3.63, 3.8) is 0 Å². The Bertz CT molecular complexity index is 332. The molecule has 0 aromatic heterocycles. The van der Waals surface area contributed by atoms with Gasteiger partial charge in [0.2, 0.25) is 5.91 Å². The Morgan fingerprint density at radius 1 is 1.20 bits per heavy atom. The number of ether oxygens (including phenoxy) is 1. The number of rotatable bonds is 8. The molecule has 0 fully saturated rings. The molecule has 116 valence electrons. The van der Waals surface area contributed by atoms with Crippen molar-refractivity contribution in [3.8, 4) is 0 Å². The minimum Gasteiger partial charge on any atom is -0.468 e. The first-order valence-electron chi connectivity index (χ1n) is 6.81. The van der Waals surface area contributed by atoms with Gasteiger partial charge < -0.3 is 10.1 Å². The predicted octanol–water partition coefficient (Wildman–Crippen LogP) is 0.400. The molecule has 20 heavy (non-hydrogen) atoms. The van der Waals surface area contributed by atoms with Crippen LogP contribution in [-0.2, 0) is 14.3 Å². The number of imide groups is 1. The lowest BCUT2D eigenvalue weighted by molar-refractivity contribution is -0.144. The highest BCUT2D eigenvalue weighted by Crippen LogP contribution is 2.02. The van der Waals surface area contributed by atoms with Crippen molar-refractivity contribution in [1.82, 2.24) is 16.0 Å². The van der Waals surface area contributed by atoms with E-state index in [1.807, 2.05) is 20.8 Å². The Hall–Kier alpha value is -1.63. The Morgan fingerprint density at radius 3 is 2.35 bits per heavy atom. The highest BCUT2D eigenvalue weighted by atomic mass is 16.5. The van der Waals surface area contributed by atoms with Gasteiger partial charge >= 0.3 is 12.0 Å². The number of hydrogen-bond acceptors (Lipinski definition) is 5. The van der Waals surface area contributed by atoms with Gasteiger partial charge in [-0.1, -0.05) is 27.2 Å². The van der Waals surface area contributed by atoms with Gasteiger partial charge in [-0.05, 0) is 12.3 Å². The maximum Gasteiger partial charge on any atom is 0.323 e. The second kappa shape index (κ2) is 10.2. The van der Waals surface area contributed by atoms with Gasteiger partial charge in [0.05, 0.1) is 13.7 Å². The number of urea groups is 1. The van der Waals surface area contributed by atoms with E-state index < -0.39 is 23.9 Å². The van der Waals surface area contributed by atoms with Gasteiger partial charge in [0.15, 0.2) is 0 Å². The molecule has 0 saturated heterocycles. The predicted molar refractivity (Wildman–Crippen MR) is 75.1 cm³/mol. The quantitative estimate of drug-likeness (QED) is 0.443. The van der Waals surface area contributed by atoms with Crippen LogP contribution in [0.5, 0.6) is 0 Å². The van der Waals surface area contributed by atoms with E-state index in [1.54, 1.807) is 0 Å². The van der Waals surface area contributed by atoms with Crippen LogP contribution in [0.15, 0.2) is 0 Å². The Kier molecular flexibility index (Phi) is 9.36.